The van der Waals surface area contributed by atoms with Crippen LogP contribution in [0.2, 0.25) is 0 Å². The molecule has 1 aliphatic rings. The highest BCUT2D eigenvalue weighted by atomic mass is 16.4. The minimum absolute atomic E-state index is 0.590. The molecule has 0 aliphatic heterocycles. The third-order valence-electron chi connectivity index (χ3n) is 2.86. The lowest BCUT2D eigenvalue weighted by molar-refractivity contribution is -0.140. The number of carboxylic acid groups (broad SMARTS) is 1. The SMILES string of the molecule is CNc1cccc(C2(C(=O)O)CC2)c1. The molecule has 0 radical (unpaired) electrons. The molecule has 0 aromatic heterocycles. The van der Waals surface area contributed by atoms with Crippen LogP contribution in [0.5, 0.6) is 0 Å². The molecule has 0 spiro atoms. The van der Waals surface area contributed by atoms with Gasteiger partial charge in [-0.3, -0.25) is 4.79 Å². The topological polar surface area (TPSA) is 49.3 Å². The van der Waals surface area contributed by atoms with Crippen molar-refractivity contribution in [2.45, 2.75) is 18.3 Å². The number of hydrogen-bond acceptors (Lipinski definition) is 2. The summed E-state index contributed by atoms with van der Waals surface area (Å²) in [6.45, 7) is 0. The van der Waals surface area contributed by atoms with Crippen molar-refractivity contribution in [3.05, 3.63) is 29.8 Å². The molecular weight excluding hydrogens is 178 g/mol. The quantitative estimate of drug-likeness (QED) is 0.766. The van der Waals surface area contributed by atoms with Gasteiger partial charge in [0.2, 0.25) is 0 Å². The lowest BCUT2D eigenvalue weighted by Gasteiger charge is -2.11. The third-order valence-corrected chi connectivity index (χ3v) is 2.86. The molecule has 2 rings (SSSR count). The van der Waals surface area contributed by atoms with Gasteiger partial charge < -0.3 is 10.4 Å². The fourth-order valence-corrected chi connectivity index (χ4v) is 1.72. The minimum atomic E-state index is -0.703. The van der Waals surface area contributed by atoms with Gasteiger partial charge in [0, 0.05) is 12.7 Å². The van der Waals surface area contributed by atoms with E-state index in [1.54, 1.807) is 0 Å². The second-order valence-corrected chi connectivity index (χ2v) is 3.72. The summed E-state index contributed by atoms with van der Waals surface area (Å²) in [6.07, 6.45) is 1.52. The molecule has 3 nitrogen and oxygen atoms in total. The fourth-order valence-electron chi connectivity index (χ4n) is 1.72. The number of aliphatic carboxylic acids is 1. The number of rotatable bonds is 3. The first kappa shape index (κ1) is 9.06. The van der Waals surface area contributed by atoms with E-state index < -0.39 is 11.4 Å². The maximum atomic E-state index is 11.1. The zero-order chi connectivity index (χ0) is 10.2. The third kappa shape index (κ3) is 1.25. The summed E-state index contributed by atoms with van der Waals surface area (Å²) < 4.78 is 0. The first-order valence-electron chi connectivity index (χ1n) is 4.71. The average Bonchev–Trinajstić information content (AvgIpc) is 2.98. The van der Waals surface area contributed by atoms with E-state index in [9.17, 15) is 4.79 Å². The van der Waals surface area contributed by atoms with Gasteiger partial charge in [-0.1, -0.05) is 12.1 Å². The molecule has 0 bridgehead atoms. The molecule has 1 aromatic rings. The Hall–Kier alpha value is -1.51. The van der Waals surface area contributed by atoms with Gasteiger partial charge in [-0.15, -0.1) is 0 Å². The number of carboxylic acids is 1. The molecule has 0 atom stereocenters. The second-order valence-electron chi connectivity index (χ2n) is 3.72. The first-order chi connectivity index (χ1) is 6.69. The molecule has 1 aliphatic carbocycles. The predicted octanol–water partition coefficient (Wildman–Crippen LogP) is 1.84. The fraction of sp³-hybridized carbons (Fsp3) is 0.364. The van der Waals surface area contributed by atoms with Gasteiger partial charge in [-0.2, -0.15) is 0 Å². The molecular formula is C11H13NO2. The first-order valence-corrected chi connectivity index (χ1v) is 4.71. The Bertz CT molecular complexity index is 369. The summed E-state index contributed by atoms with van der Waals surface area (Å²) in [5.74, 6) is -0.703. The molecule has 0 saturated heterocycles. The molecule has 0 amide bonds. The number of carbonyl (C=O) groups is 1. The van der Waals surface area contributed by atoms with Crippen LogP contribution >= 0.6 is 0 Å². The van der Waals surface area contributed by atoms with Crippen molar-refractivity contribution in [3.63, 3.8) is 0 Å². The highest BCUT2D eigenvalue weighted by molar-refractivity contribution is 5.85. The Labute approximate surface area is 82.8 Å². The smallest absolute Gasteiger partial charge is 0.314 e. The molecule has 2 N–H and O–H groups in total. The van der Waals surface area contributed by atoms with Crippen LogP contribution < -0.4 is 5.32 Å². The summed E-state index contributed by atoms with van der Waals surface area (Å²) in [5.41, 5.74) is 1.29. The van der Waals surface area contributed by atoms with Crippen LogP contribution in [-0.2, 0) is 10.2 Å². The lowest BCUT2D eigenvalue weighted by atomic mass is 9.96. The van der Waals surface area contributed by atoms with E-state index in [4.69, 9.17) is 5.11 Å². The van der Waals surface area contributed by atoms with Crippen molar-refractivity contribution < 1.29 is 9.90 Å². The predicted molar refractivity (Wildman–Crippen MR) is 54.5 cm³/mol. The van der Waals surface area contributed by atoms with E-state index in [1.165, 1.54) is 0 Å². The average molecular weight is 191 g/mol. The van der Waals surface area contributed by atoms with Crippen LogP contribution in [0.1, 0.15) is 18.4 Å². The molecule has 0 unspecified atom stereocenters. The highest BCUT2D eigenvalue weighted by Gasteiger charge is 2.51. The van der Waals surface area contributed by atoms with Crippen molar-refractivity contribution in [3.8, 4) is 0 Å². The summed E-state index contributed by atoms with van der Waals surface area (Å²) in [4.78, 5) is 11.1. The highest BCUT2D eigenvalue weighted by Crippen LogP contribution is 2.48. The molecule has 1 aromatic carbocycles. The van der Waals surface area contributed by atoms with Gasteiger partial charge in [0.1, 0.15) is 0 Å². The molecule has 0 heterocycles. The maximum absolute atomic E-state index is 11.1. The standard InChI is InChI=1S/C11H13NO2/c1-12-9-4-2-3-8(7-9)11(5-6-11)10(13)14/h2-4,7,12H,5-6H2,1H3,(H,13,14). The van der Waals surface area contributed by atoms with Crippen molar-refractivity contribution >= 4 is 11.7 Å². The maximum Gasteiger partial charge on any atom is 0.314 e. The second kappa shape index (κ2) is 3.01. The normalized spacial score (nSPS) is 17.5. The summed E-state index contributed by atoms with van der Waals surface area (Å²) >= 11 is 0. The van der Waals surface area contributed by atoms with E-state index in [0.717, 1.165) is 24.1 Å². The minimum Gasteiger partial charge on any atom is -0.481 e. The number of anilines is 1. The Balaban J connectivity index is 2.37. The Morgan fingerprint density at radius 1 is 1.50 bits per heavy atom. The Morgan fingerprint density at radius 3 is 2.71 bits per heavy atom. The van der Waals surface area contributed by atoms with E-state index in [0.29, 0.717) is 0 Å². The summed E-state index contributed by atoms with van der Waals surface area (Å²) in [5, 5.41) is 12.1. The van der Waals surface area contributed by atoms with Crippen LogP contribution in [0, 0.1) is 0 Å². The zero-order valence-corrected chi connectivity index (χ0v) is 8.08. The monoisotopic (exact) mass is 191 g/mol. The van der Waals surface area contributed by atoms with Gasteiger partial charge in [-0.25, -0.2) is 0 Å². The number of hydrogen-bond donors (Lipinski definition) is 2. The molecule has 1 saturated carbocycles. The number of benzene rings is 1. The van der Waals surface area contributed by atoms with Crippen LogP contribution in [0.25, 0.3) is 0 Å². The van der Waals surface area contributed by atoms with E-state index >= 15 is 0 Å². The van der Waals surface area contributed by atoms with Crippen LogP contribution in [0.3, 0.4) is 0 Å². The van der Waals surface area contributed by atoms with Gasteiger partial charge >= 0.3 is 5.97 Å². The van der Waals surface area contributed by atoms with Crippen molar-refractivity contribution in [1.29, 1.82) is 0 Å². The Morgan fingerprint density at radius 2 is 2.21 bits per heavy atom. The van der Waals surface area contributed by atoms with Crippen LogP contribution in [0.15, 0.2) is 24.3 Å². The van der Waals surface area contributed by atoms with Gasteiger partial charge in [0.25, 0.3) is 0 Å². The zero-order valence-electron chi connectivity index (χ0n) is 8.08. The molecule has 74 valence electrons. The van der Waals surface area contributed by atoms with Crippen molar-refractivity contribution in [2.24, 2.45) is 0 Å². The molecule has 1 fully saturated rings. The largest absolute Gasteiger partial charge is 0.481 e. The van der Waals surface area contributed by atoms with Gasteiger partial charge in [0.05, 0.1) is 5.41 Å². The Kier molecular flexibility index (Phi) is 1.95. The van der Waals surface area contributed by atoms with E-state index in [2.05, 4.69) is 5.32 Å². The number of nitrogens with one attached hydrogen (secondary N) is 1. The lowest BCUT2D eigenvalue weighted by Crippen LogP contribution is -2.19. The van der Waals surface area contributed by atoms with E-state index in [-0.39, 0.29) is 0 Å². The van der Waals surface area contributed by atoms with Crippen molar-refractivity contribution in [1.82, 2.24) is 0 Å². The summed E-state index contributed by atoms with van der Waals surface area (Å²) in [7, 11) is 1.83. The van der Waals surface area contributed by atoms with Gasteiger partial charge in [0.15, 0.2) is 0 Å². The van der Waals surface area contributed by atoms with Crippen LogP contribution in [-0.4, -0.2) is 18.1 Å². The van der Waals surface area contributed by atoms with E-state index in [1.807, 2.05) is 31.3 Å². The van der Waals surface area contributed by atoms with Crippen LogP contribution in [0.4, 0.5) is 5.69 Å². The molecule has 3 heteroatoms. The van der Waals surface area contributed by atoms with Gasteiger partial charge in [-0.05, 0) is 30.5 Å². The molecule has 14 heavy (non-hydrogen) atoms. The summed E-state index contributed by atoms with van der Waals surface area (Å²) in [6, 6.07) is 7.63. The van der Waals surface area contributed by atoms with Crippen molar-refractivity contribution in [2.75, 3.05) is 12.4 Å².